The molecule has 0 saturated carbocycles. The third-order valence-corrected chi connectivity index (χ3v) is 3.40. The summed E-state index contributed by atoms with van der Waals surface area (Å²) in [5, 5.41) is 0. The van der Waals surface area contributed by atoms with Gasteiger partial charge in [0.05, 0.1) is 11.3 Å². The minimum Gasteiger partial charge on any atom is -0.398 e. The summed E-state index contributed by atoms with van der Waals surface area (Å²) in [5.41, 5.74) is 1.74. The van der Waals surface area contributed by atoms with Gasteiger partial charge in [0, 0.05) is 18.6 Å². The molecular weight excluding hydrogens is 333 g/mol. The number of hydrogen-bond donors (Lipinski definition) is 1. The Bertz CT molecular complexity index is 626. The lowest BCUT2D eigenvalue weighted by Crippen LogP contribution is -2.25. The van der Waals surface area contributed by atoms with E-state index in [1.165, 1.54) is 6.92 Å². The molecule has 2 N–H and O–H groups in total. The quantitative estimate of drug-likeness (QED) is 0.457. The number of carbonyl (C=O) groups is 1. The normalized spacial score (nSPS) is 13.6. The largest absolute Gasteiger partial charge is 0.418 e. The summed E-state index contributed by atoms with van der Waals surface area (Å²) in [4.78, 5) is 11.5. The van der Waals surface area contributed by atoms with Crippen LogP contribution >= 0.6 is 0 Å². The first-order valence-corrected chi connectivity index (χ1v) is 7.07. The summed E-state index contributed by atoms with van der Waals surface area (Å²) >= 11 is 0. The summed E-state index contributed by atoms with van der Waals surface area (Å²) in [6.45, 7) is 5.90. The number of ketones is 1. The van der Waals surface area contributed by atoms with Crippen LogP contribution in [0.1, 0.15) is 30.5 Å². The van der Waals surface area contributed by atoms with Crippen molar-refractivity contribution in [2.45, 2.75) is 38.5 Å². The van der Waals surface area contributed by atoms with Crippen LogP contribution in [0, 0.1) is 0 Å². The van der Waals surface area contributed by atoms with Crippen molar-refractivity contribution < 1.29 is 31.5 Å². The van der Waals surface area contributed by atoms with Gasteiger partial charge in [-0.05, 0) is 37.6 Å². The highest BCUT2D eigenvalue weighted by atomic mass is 19.4. The molecule has 1 rings (SSSR count). The number of nitrogens with two attached hydrogens (primary N) is 1. The fourth-order valence-electron chi connectivity index (χ4n) is 2.19. The number of nitrogen functional groups attached to an aromatic ring is 1. The SMILES string of the molecule is C=CC(F)(F)c1cc(C[C@@H](OCC)C(C)=O)cc(C(F)(F)F)c1N. The first-order chi connectivity index (χ1) is 10.9. The molecule has 0 amide bonds. The van der Waals surface area contributed by atoms with Gasteiger partial charge in [0.2, 0.25) is 0 Å². The van der Waals surface area contributed by atoms with Crippen LogP contribution in [0.5, 0.6) is 0 Å². The molecule has 0 aliphatic rings. The van der Waals surface area contributed by atoms with E-state index in [1.807, 2.05) is 0 Å². The standard InChI is InChI=1S/C16H18F5NO2/c1-4-15(17,18)11-6-10(8-13(9(3)23)24-5-2)7-12(14(11)22)16(19,20)21/h4,6-7,13H,1,5,8,22H2,2-3H3/t13-/m1/s1. The van der Waals surface area contributed by atoms with Crippen LogP contribution in [0.15, 0.2) is 24.8 Å². The molecule has 3 nitrogen and oxygen atoms in total. The molecule has 0 heterocycles. The van der Waals surface area contributed by atoms with Gasteiger partial charge in [0.1, 0.15) is 6.10 Å². The molecule has 0 bridgehead atoms. The van der Waals surface area contributed by atoms with Crippen molar-refractivity contribution in [1.82, 2.24) is 0 Å². The Morgan fingerprint density at radius 3 is 2.25 bits per heavy atom. The van der Waals surface area contributed by atoms with E-state index in [2.05, 4.69) is 6.58 Å². The Balaban J connectivity index is 3.48. The first-order valence-electron chi connectivity index (χ1n) is 7.07. The maximum Gasteiger partial charge on any atom is 0.418 e. The van der Waals surface area contributed by atoms with E-state index >= 15 is 0 Å². The maximum absolute atomic E-state index is 13.9. The Morgan fingerprint density at radius 2 is 1.83 bits per heavy atom. The zero-order valence-corrected chi connectivity index (χ0v) is 13.2. The van der Waals surface area contributed by atoms with Crippen molar-refractivity contribution in [2.75, 3.05) is 12.3 Å². The molecule has 1 atom stereocenters. The third-order valence-electron chi connectivity index (χ3n) is 3.40. The number of hydrogen-bond acceptors (Lipinski definition) is 3. The second kappa shape index (κ2) is 7.29. The molecule has 0 radical (unpaired) electrons. The van der Waals surface area contributed by atoms with E-state index in [0.717, 1.165) is 6.07 Å². The second-order valence-electron chi connectivity index (χ2n) is 5.19. The number of ether oxygens (including phenoxy) is 1. The fourth-order valence-corrected chi connectivity index (χ4v) is 2.19. The molecule has 0 spiro atoms. The lowest BCUT2D eigenvalue weighted by Gasteiger charge is -2.21. The van der Waals surface area contributed by atoms with E-state index in [-0.39, 0.29) is 24.7 Å². The van der Waals surface area contributed by atoms with E-state index in [4.69, 9.17) is 10.5 Å². The fraction of sp³-hybridized carbons (Fsp3) is 0.438. The number of carbonyl (C=O) groups excluding carboxylic acids is 1. The number of rotatable bonds is 7. The van der Waals surface area contributed by atoms with Crippen molar-refractivity contribution in [3.05, 3.63) is 41.5 Å². The van der Waals surface area contributed by atoms with E-state index in [0.29, 0.717) is 6.07 Å². The molecule has 24 heavy (non-hydrogen) atoms. The van der Waals surface area contributed by atoms with E-state index in [9.17, 15) is 26.7 Å². The van der Waals surface area contributed by atoms with Gasteiger partial charge in [-0.1, -0.05) is 6.58 Å². The first kappa shape index (κ1) is 20.1. The van der Waals surface area contributed by atoms with E-state index < -0.39 is 40.8 Å². The molecule has 1 aromatic rings. The number of halogens is 5. The highest BCUT2D eigenvalue weighted by Gasteiger charge is 2.39. The number of benzene rings is 1. The van der Waals surface area contributed by atoms with Crippen LogP contribution in [-0.4, -0.2) is 18.5 Å². The minimum absolute atomic E-state index is 0.123. The van der Waals surface area contributed by atoms with Crippen molar-refractivity contribution >= 4 is 11.5 Å². The molecule has 8 heteroatoms. The van der Waals surface area contributed by atoms with E-state index in [1.54, 1.807) is 6.92 Å². The van der Waals surface area contributed by atoms with Gasteiger partial charge in [-0.15, -0.1) is 0 Å². The Kier molecular flexibility index (Phi) is 6.10. The molecule has 0 aliphatic heterocycles. The average molecular weight is 351 g/mol. The van der Waals surface area contributed by atoms with Crippen molar-refractivity contribution in [3.8, 4) is 0 Å². The molecule has 0 aromatic heterocycles. The van der Waals surface area contributed by atoms with Gasteiger partial charge in [0.25, 0.3) is 5.92 Å². The van der Waals surface area contributed by atoms with Crippen LogP contribution in [0.2, 0.25) is 0 Å². The number of alkyl halides is 5. The molecule has 1 aromatic carbocycles. The smallest absolute Gasteiger partial charge is 0.398 e. The summed E-state index contributed by atoms with van der Waals surface area (Å²) in [7, 11) is 0. The van der Waals surface area contributed by atoms with Gasteiger partial charge < -0.3 is 10.5 Å². The number of allylic oxidation sites excluding steroid dienone is 1. The van der Waals surface area contributed by atoms with Crippen molar-refractivity contribution in [2.24, 2.45) is 0 Å². The van der Waals surface area contributed by atoms with Gasteiger partial charge in [-0.2, -0.15) is 22.0 Å². The lowest BCUT2D eigenvalue weighted by molar-refractivity contribution is -0.137. The Labute approximate surface area is 136 Å². The summed E-state index contributed by atoms with van der Waals surface area (Å²) in [5.74, 6) is -4.16. The van der Waals surface area contributed by atoms with Gasteiger partial charge >= 0.3 is 6.18 Å². The van der Waals surface area contributed by atoms with Crippen molar-refractivity contribution in [3.63, 3.8) is 0 Å². The summed E-state index contributed by atoms with van der Waals surface area (Å²) in [6, 6.07) is 1.51. The van der Waals surface area contributed by atoms with Crippen LogP contribution in [0.3, 0.4) is 0 Å². The number of anilines is 1. The lowest BCUT2D eigenvalue weighted by atomic mass is 9.94. The van der Waals surface area contributed by atoms with Crippen LogP contribution in [-0.2, 0) is 28.1 Å². The predicted octanol–water partition coefficient (Wildman–Crippen LogP) is 4.10. The Hall–Kier alpha value is -1.96. The molecular formula is C16H18F5NO2. The summed E-state index contributed by atoms with van der Waals surface area (Å²) in [6.07, 6.45) is -5.99. The highest BCUT2D eigenvalue weighted by Crippen LogP contribution is 2.42. The minimum atomic E-state index is -4.91. The molecule has 134 valence electrons. The molecule has 0 fully saturated rings. The highest BCUT2D eigenvalue weighted by molar-refractivity contribution is 5.80. The predicted molar refractivity (Wildman–Crippen MR) is 79.7 cm³/mol. The average Bonchev–Trinajstić information content (AvgIpc) is 2.46. The zero-order valence-electron chi connectivity index (χ0n) is 13.2. The molecule has 0 saturated heterocycles. The number of Topliss-reactive ketones (excluding diaryl/α,β-unsaturated/α-hetero) is 1. The van der Waals surface area contributed by atoms with Crippen LogP contribution in [0.25, 0.3) is 0 Å². The van der Waals surface area contributed by atoms with Crippen LogP contribution in [0.4, 0.5) is 27.6 Å². The molecule has 0 unspecified atom stereocenters. The molecule has 0 aliphatic carbocycles. The topological polar surface area (TPSA) is 52.3 Å². The van der Waals surface area contributed by atoms with Gasteiger partial charge in [-0.25, -0.2) is 0 Å². The van der Waals surface area contributed by atoms with Gasteiger partial charge in [-0.3, -0.25) is 4.79 Å². The van der Waals surface area contributed by atoms with Crippen molar-refractivity contribution in [1.29, 1.82) is 0 Å². The zero-order chi connectivity index (χ0) is 18.7. The Morgan fingerprint density at radius 1 is 1.29 bits per heavy atom. The van der Waals surface area contributed by atoms with Crippen LogP contribution < -0.4 is 5.73 Å². The second-order valence-corrected chi connectivity index (χ2v) is 5.19. The monoisotopic (exact) mass is 351 g/mol. The third kappa shape index (κ3) is 4.53. The summed E-state index contributed by atoms with van der Waals surface area (Å²) < 4.78 is 72.2. The maximum atomic E-state index is 13.9. The van der Waals surface area contributed by atoms with Gasteiger partial charge in [0.15, 0.2) is 5.78 Å².